The summed E-state index contributed by atoms with van der Waals surface area (Å²) in [6.07, 6.45) is 3.53. The molecule has 26 heavy (non-hydrogen) atoms. The summed E-state index contributed by atoms with van der Waals surface area (Å²) < 4.78 is 0. The van der Waals surface area contributed by atoms with E-state index in [4.69, 9.17) is 5.73 Å². The van der Waals surface area contributed by atoms with Crippen molar-refractivity contribution >= 4 is 30.7 Å². The van der Waals surface area contributed by atoms with E-state index in [0.29, 0.717) is 24.4 Å². The van der Waals surface area contributed by atoms with Gasteiger partial charge in [-0.15, -0.1) is 24.8 Å². The van der Waals surface area contributed by atoms with Crippen molar-refractivity contribution in [2.45, 2.75) is 58.3 Å². The van der Waals surface area contributed by atoms with Crippen LogP contribution in [0.25, 0.3) is 0 Å². The van der Waals surface area contributed by atoms with Crippen LogP contribution in [0.1, 0.15) is 44.2 Å². The van der Waals surface area contributed by atoms with Crippen LogP contribution in [-0.4, -0.2) is 29.9 Å². The van der Waals surface area contributed by atoms with Crippen molar-refractivity contribution in [2.75, 3.05) is 7.05 Å². The van der Waals surface area contributed by atoms with Crippen molar-refractivity contribution in [3.05, 3.63) is 35.4 Å². The van der Waals surface area contributed by atoms with Crippen molar-refractivity contribution in [3.8, 4) is 0 Å². The van der Waals surface area contributed by atoms with Crippen molar-refractivity contribution in [1.82, 2.24) is 10.2 Å². The molecule has 0 radical (unpaired) electrons. The van der Waals surface area contributed by atoms with Gasteiger partial charge in [-0.2, -0.15) is 0 Å². The van der Waals surface area contributed by atoms with Crippen molar-refractivity contribution in [1.29, 1.82) is 0 Å². The number of carbonyl (C=O) groups is 1. The normalized spacial score (nSPS) is 26.5. The lowest BCUT2D eigenvalue weighted by atomic mass is 9.84. The van der Waals surface area contributed by atoms with Gasteiger partial charge in [-0.25, -0.2) is 0 Å². The minimum Gasteiger partial charge on any atom is -0.352 e. The summed E-state index contributed by atoms with van der Waals surface area (Å²) in [4.78, 5) is 15.0. The van der Waals surface area contributed by atoms with Crippen LogP contribution >= 0.6 is 24.8 Å². The Morgan fingerprint density at radius 3 is 2.38 bits per heavy atom. The largest absolute Gasteiger partial charge is 0.352 e. The molecule has 3 N–H and O–H groups in total. The van der Waals surface area contributed by atoms with Gasteiger partial charge >= 0.3 is 0 Å². The average Bonchev–Trinajstić information content (AvgIpc) is 3.14. The molecule has 0 aromatic heterocycles. The smallest absolute Gasteiger partial charge is 0.225 e. The number of amides is 1. The highest BCUT2D eigenvalue weighted by Crippen LogP contribution is 2.47. The number of nitrogens with one attached hydrogen (secondary N) is 1. The highest BCUT2D eigenvalue weighted by molar-refractivity contribution is 5.85. The Labute approximate surface area is 170 Å². The molecule has 4 atom stereocenters. The van der Waals surface area contributed by atoms with E-state index in [-0.39, 0.29) is 42.7 Å². The number of nitrogens with zero attached hydrogens (tertiary/aromatic N) is 1. The van der Waals surface area contributed by atoms with E-state index in [1.54, 1.807) is 0 Å². The monoisotopic (exact) mass is 401 g/mol. The molecule has 4 unspecified atom stereocenters. The molecule has 2 aliphatic carbocycles. The van der Waals surface area contributed by atoms with Crippen molar-refractivity contribution in [3.63, 3.8) is 0 Å². The van der Waals surface area contributed by atoms with Crippen LogP contribution in [0, 0.1) is 17.8 Å². The van der Waals surface area contributed by atoms with Crippen LogP contribution in [0.4, 0.5) is 0 Å². The molecule has 2 bridgehead atoms. The fourth-order valence-corrected chi connectivity index (χ4v) is 4.36. The average molecular weight is 402 g/mol. The third-order valence-corrected chi connectivity index (χ3v) is 6.16. The minimum atomic E-state index is 0. The van der Waals surface area contributed by atoms with E-state index >= 15 is 0 Å². The lowest BCUT2D eigenvalue weighted by Crippen LogP contribution is -2.45. The summed E-state index contributed by atoms with van der Waals surface area (Å²) in [5.74, 6) is 1.25. The number of carbonyl (C=O) groups excluding carboxylic acids is 1. The van der Waals surface area contributed by atoms with E-state index in [2.05, 4.69) is 49.3 Å². The molecule has 3 rings (SSSR count). The summed E-state index contributed by atoms with van der Waals surface area (Å²) in [5, 5.41) is 3.16. The van der Waals surface area contributed by atoms with Crippen molar-refractivity contribution < 1.29 is 4.79 Å². The number of benzene rings is 1. The fourth-order valence-electron chi connectivity index (χ4n) is 4.36. The van der Waals surface area contributed by atoms with Crippen LogP contribution < -0.4 is 11.1 Å². The summed E-state index contributed by atoms with van der Waals surface area (Å²) in [6, 6.07) is 8.95. The first-order chi connectivity index (χ1) is 11.5. The van der Waals surface area contributed by atoms with E-state index in [9.17, 15) is 4.79 Å². The highest BCUT2D eigenvalue weighted by atomic mass is 35.5. The zero-order valence-electron chi connectivity index (χ0n) is 16.0. The van der Waals surface area contributed by atoms with Crippen molar-refractivity contribution in [2.24, 2.45) is 23.5 Å². The quantitative estimate of drug-likeness (QED) is 0.767. The van der Waals surface area contributed by atoms with Gasteiger partial charge < -0.3 is 11.1 Å². The molecule has 2 aliphatic rings. The Bertz CT molecular complexity index is 594. The molecule has 2 saturated carbocycles. The summed E-state index contributed by atoms with van der Waals surface area (Å²) in [7, 11) is 2.13. The number of hydrogen-bond acceptors (Lipinski definition) is 3. The molecule has 1 aromatic rings. The van der Waals surface area contributed by atoms with Crippen LogP contribution in [0.2, 0.25) is 0 Å². The molecule has 148 valence electrons. The molecular weight excluding hydrogens is 369 g/mol. The van der Waals surface area contributed by atoms with Gasteiger partial charge in [0.25, 0.3) is 0 Å². The van der Waals surface area contributed by atoms with Gasteiger partial charge in [0, 0.05) is 25.2 Å². The molecule has 0 aliphatic heterocycles. The Balaban J connectivity index is 0.00000169. The third kappa shape index (κ3) is 4.92. The summed E-state index contributed by atoms with van der Waals surface area (Å²) in [6.45, 7) is 5.89. The van der Waals surface area contributed by atoms with Gasteiger partial charge in [0.1, 0.15) is 0 Å². The molecule has 0 heterocycles. The molecule has 6 heteroatoms. The highest BCUT2D eigenvalue weighted by Gasteiger charge is 2.48. The zero-order chi connectivity index (χ0) is 17.3. The van der Waals surface area contributed by atoms with Gasteiger partial charge in [-0.1, -0.05) is 24.3 Å². The molecular formula is C20H33Cl2N3O. The van der Waals surface area contributed by atoms with Crippen LogP contribution in [0.5, 0.6) is 0 Å². The molecule has 4 nitrogen and oxygen atoms in total. The Hall–Kier alpha value is -0.810. The topological polar surface area (TPSA) is 58.4 Å². The molecule has 1 aromatic carbocycles. The number of hydrogen-bond donors (Lipinski definition) is 2. The predicted octanol–water partition coefficient (Wildman–Crippen LogP) is 3.36. The zero-order valence-corrected chi connectivity index (χ0v) is 17.6. The maximum Gasteiger partial charge on any atom is 0.225 e. The standard InChI is InChI=1S/C20H31N3O.2ClH/c1-13(2)23(3)12-17-7-5-4-6-16(17)11-22-20(24)18-14-8-9-15(10-14)19(18)21;;/h4-7,13-15,18-19H,8-12,21H2,1-3H3,(H,22,24);2*1H. The first-order valence-corrected chi connectivity index (χ1v) is 9.27. The summed E-state index contributed by atoms with van der Waals surface area (Å²) in [5.41, 5.74) is 8.78. The first-order valence-electron chi connectivity index (χ1n) is 9.27. The maximum atomic E-state index is 12.7. The Morgan fingerprint density at radius 2 is 1.81 bits per heavy atom. The van der Waals surface area contributed by atoms with Gasteiger partial charge in [-0.05, 0) is 63.1 Å². The second kappa shape index (κ2) is 9.93. The molecule has 1 amide bonds. The molecule has 2 fully saturated rings. The van der Waals surface area contributed by atoms with E-state index < -0.39 is 0 Å². The van der Waals surface area contributed by atoms with E-state index in [0.717, 1.165) is 13.0 Å². The van der Waals surface area contributed by atoms with Gasteiger partial charge in [0.05, 0.1) is 5.92 Å². The van der Waals surface area contributed by atoms with Gasteiger partial charge in [-0.3, -0.25) is 9.69 Å². The number of nitrogens with two attached hydrogens (primary N) is 1. The number of rotatable bonds is 6. The van der Waals surface area contributed by atoms with Crippen LogP contribution in [0.3, 0.4) is 0 Å². The predicted molar refractivity (Wildman–Crippen MR) is 112 cm³/mol. The summed E-state index contributed by atoms with van der Waals surface area (Å²) >= 11 is 0. The minimum absolute atomic E-state index is 0. The number of halogens is 2. The fraction of sp³-hybridized carbons (Fsp3) is 0.650. The van der Waals surface area contributed by atoms with E-state index in [1.165, 1.54) is 24.0 Å². The van der Waals surface area contributed by atoms with E-state index in [1.807, 2.05) is 6.07 Å². The second-order valence-corrected chi connectivity index (χ2v) is 7.93. The van der Waals surface area contributed by atoms with Gasteiger partial charge in [0.15, 0.2) is 0 Å². The van der Waals surface area contributed by atoms with Crippen LogP contribution in [-0.2, 0) is 17.9 Å². The third-order valence-electron chi connectivity index (χ3n) is 6.16. The first kappa shape index (κ1) is 23.2. The Kier molecular flexibility index (Phi) is 8.87. The lowest BCUT2D eigenvalue weighted by molar-refractivity contribution is -0.127. The maximum absolute atomic E-state index is 12.7. The molecule has 0 saturated heterocycles. The van der Waals surface area contributed by atoms with Crippen LogP contribution in [0.15, 0.2) is 24.3 Å². The second-order valence-electron chi connectivity index (χ2n) is 7.93. The molecule has 0 spiro atoms. The van der Waals surface area contributed by atoms with Gasteiger partial charge in [0.2, 0.25) is 5.91 Å². The number of fused-ring (bicyclic) bond motifs is 2. The Morgan fingerprint density at radius 1 is 1.19 bits per heavy atom. The SMILES string of the molecule is CC(C)N(C)Cc1ccccc1CNC(=O)C1C2CCC(C2)C1N.Cl.Cl. The lowest BCUT2D eigenvalue weighted by Gasteiger charge is -2.27.